The highest BCUT2D eigenvalue weighted by molar-refractivity contribution is 5.94. The number of ether oxygens (including phenoxy) is 1. The molecule has 2 aromatic carbocycles. The lowest BCUT2D eigenvalue weighted by Crippen LogP contribution is -2.60. The molecule has 1 aliphatic heterocycles. The topological polar surface area (TPSA) is 26.3 Å². The van der Waals surface area contributed by atoms with Crippen LogP contribution in [0, 0.1) is 27.7 Å². The van der Waals surface area contributed by atoms with E-state index in [2.05, 4.69) is 52.0 Å². The molecule has 0 aromatic heterocycles. The van der Waals surface area contributed by atoms with Crippen molar-refractivity contribution in [3.63, 3.8) is 0 Å². The maximum Gasteiger partial charge on any atom is 0.325 e. The Morgan fingerprint density at radius 3 is 1.68 bits per heavy atom. The van der Waals surface area contributed by atoms with Crippen molar-refractivity contribution >= 4 is 5.97 Å². The van der Waals surface area contributed by atoms with Gasteiger partial charge in [-0.3, -0.25) is 4.79 Å². The number of hydrogen-bond acceptors (Lipinski definition) is 2. The van der Waals surface area contributed by atoms with Crippen molar-refractivity contribution in [3.05, 3.63) is 69.8 Å². The molecule has 0 amide bonds. The van der Waals surface area contributed by atoms with E-state index in [9.17, 15) is 4.79 Å². The molecule has 1 unspecified atom stereocenters. The van der Waals surface area contributed by atoms with Gasteiger partial charge >= 0.3 is 5.97 Å². The second-order valence-electron chi connectivity index (χ2n) is 6.35. The lowest BCUT2D eigenvalue weighted by atomic mass is 9.64. The molecule has 0 bridgehead atoms. The Labute approximate surface area is 132 Å². The van der Waals surface area contributed by atoms with E-state index in [1.165, 1.54) is 22.3 Å². The predicted molar refractivity (Wildman–Crippen MR) is 88.2 cm³/mol. The van der Waals surface area contributed by atoms with Crippen LogP contribution in [0.4, 0.5) is 0 Å². The molecule has 22 heavy (non-hydrogen) atoms. The van der Waals surface area contributed by atoms with Gasteiger partial charge < -0.3 is 4.74 Å². The van der Waals surface area contributed by atoms with Crippen LogP contribution >= 0.6 is 0 Å². The smallest absolute Gasteiger partial charge is 0.325 e. The van der Waals surface area contributed by atoms with E-state index in [1.807, 2.05) is 19.1 Å². The standard InChI is InChI=1S/C20H22O2/c1-12-8-6-10-17(14(12)3)20(16(5)22-19(20)21)18-11-7-9-13(2)15(18)4/h6-11,16H,1-5H3. The highest BCUT2D eigenvalue weighted by Crippen LogP contribution is 2.48. The first-order valence-electron chi connectivity index (χ1n) is 7.75. The second-order valence-corrected chi connectivity index (χ2v) is 6.35. The first kappa shape index (κ1) is 14.8. The van der Waals surface area contributed by atoms with Crippen LogP contribution in [0.3, 0.4) is 0 Å². The maximum absolute atomic E-state index is 12.7. The van der Waals surface area contributed by atoms with Gasteiger partial charge in [0.2, 0.25) is 0 Å². The Morgan fingerprint density at radius 1 is 0.864 bits per heavy atom. The molecule has 0 saturated carbocycles. The van der Waals surface area contributed by atoms with Gasteiger partial charge in [-0.1, -0.05) is 36.4 Å². The van der Waals surface area contributed by atoms with E-state index in [1.54, 1.807) is 0 Å². The predicted octanol–water partition coefficient (Wildman–Crippen LogP) is 4.15. The van der Waals surface area contributed by atoms with Crippen molar-refractivity contribution in [2.75, 3.05) is 0 Å². The van der Waals surface area contributed by atoms with Crippen molar-refractivity contribution in [1.82, 2.24) is 0 Å². The summed E-state index contributed by atoms with van der Waals surface area (Å²) in [4.78, 5) is 12.7. The van der Waals surface area contributed by atoms with Gasteiger partial charge in [-0.05, 0) is 68.0 Å². The second kappa shape index (κ2) is 4.98. The van der Waals surface area contributed by atoms with E-state index in [4.69, 9.17) is 4.74 Å². The zero-order chi connectivity index (χ0) is 16.1. The fraction of sp³-hybridized carbons (Fsp3) is 0.350. The highest BCUT2D eigenvalue weighted by Gasteiger charge is 2.59. The van der Waals surface area contributed by atoms with Crippen molar-refractivity contribution in [2.45, 2.75) is 46.1 Å². The molecule has 0 N–H and O–H groups in total. The molecule has 1 heterocycles. The molecule has 2 heteroatoms. The molecule has 1 aliphatic rings. The molecule has 1 atom stereocenters. The van der Waals surface area contributed by atoms with Crippen LogP contribution in [0.25, 0.3) is 0 Å². The zero-order valence-corrected chi connectivity index (χ0v) is 13.9. The maximum atomic E-state index is 12.7. The summed E-state index contributed by atoms with van der Waals surface area (Å²) in [5.41, 5.74) is 6.23. The lowest BCUT2D eigenvalue weighted by molar-refractivity contribution is -0.183. The Kier molecular flexibility index (Phi) is 3.36. The minimum Gasteiger partial charge on any atom is -0.460 e. The Balaban J connectivity index is 2.35. The van der Waals surface area contributed by atoms with Gasteiger partial charge in [-0.25, -0.2) is 0 Å². The minimum atomic E-state index is -0.674. The lowest BCUT2D eigenvalue weighted by Gasteiger charge is -2.47. The van der Waals surface area contributed by atoms with Crippen LogP contribution in [-0.4, -0.2) is 12.1 Å². The quantitative estimate of drug-likeness (QED) is 0.778. The Morgan fingerprint density at radius 2 is 1.32 bits per heavy atom. The number of rotatable bonds is 2. The van der Waals surface area contributed by atoms with Crippen molar-refractivity contribution in [1.29, 1.82) is 0 Å². The van der Waals surface area contributed by atoms with Gasteiger partial charge in [0.1, 0.15) is 6.10 Å². The zero-order valence-electron chi connectivity index (χ0n) is 13.9. The SMILES string of the molecule is Cc1cccc(C2(c3cccc(C)c3C)C(=O)OC2C)c1C. The molecule has 1 fully saturated rings. The number of carbonyl (C=O) groups is 1. The average molecular weight is 294 g/mol. The summed E-state index contributed by atoms with van der Waals surface area (Å²) in [7, 11) is 0. The normalized spacial score (nSPS) is 19.5. The third-order valence-electron chi connectivity index (χ3n) is 5.27. The molecule has 114 valence electrons. The van der Waals surface area contributed by atoms with E-state index < -0.39 is 5.41 Å². The highest BCUT2D eigenvalue weighted by atomic mass is 16.6. The molecule has 2 nitrogen and oxygen atoms in total. The minimum absolute atomic E-state index is 0.137. The largest absolute Gasteiger partial charge is 0.460 e. The number of esters is 1. The van der Waals surface area contributed by atoms with E-state index >= 15 is 0 Å². The number of benzene rings is 2. The first-order chi connectivity index (χ1) is 10.4. The van der Waals surface area contributed by atoms with Gasteiger partial charge in [0.25, 0.3) is 0 Å². The van der Waals surface area contributed by atoms with Crippen LogP contribution in [0.2, 0.25) is 0 Å². The van der Waals surface area contributed by atoms with E-state index in [-0.39, 0.29) is 12.1 Å². The summed E-state index contributed by atoms with van der Waals surface area (Å²) in [5.74, 6) is -0.137. The van der Waals surface area contributed by atoms with Crippen LogP contribution < -0.4 is 0 Å². The van der Waals surface area contributed by atoms with Gasteiger partial charge in [0.15, 0.2) is 5.41 Å². The fourth-order valence-electron chi connectivity index (χ4n) is 3.61. The number of hydrogen-bond donors (Lipinski definition) is 0. The third-order valence-corrected chi connectivity index (χ3v) is 5.27. The van der Waals surface area contributed by atoms with Crippen molar-refractivity contribution < 1.29 is 9.53 Å². The monoisotopic (exact) mass is 294 g/mol. The summed E-state index contributed by atoms with van der Waals surface area (Å²) in [6, 6.07) is 12.4. The summed E-state index contributed by atoms with van der Waals surface area (Å²) in [6.45, 7) is 10.4. The molecule has 1 saturated heterocycles. The summed E-state index contributed by atoms with van der Waals surface area (Å²) in [6.07, 6.45) is -0.152. The van der Waals surface area contributed by atoms with E-state index in [0.29, 0.717) is 0 Å². The van der Waals surface area contributed by atoms with Crippen molar-refractivity contribution in [2.24, 2.45) is 0 Å². The Hall–Kier alpha value is -2.09. The van der Waals surface area contributed by atoms with E-state index in [0.717, 1.165) is 11.1 Å². The molecular formula is C20H22O2. The van der Waals surface area contributed by atoms with Gasteiger partial charge in [-0.2, -0.15) is 0 Å². The van der Waals surface area contributed by atoms with Gasteiger partial charge in [-0.15, -0.1) is 0 Å². The number of carbonyl (C=O) groups excluding carboxylic acids is 1. The van der Waals surface area contributed by atoms with Crippen LogP contribution in [0.1, 0.15) is 40.3 Å². The molecular weight excluding hydrogens is 272 g/mol. The number of cyclic esters (lactones) is 1. The van der Waals surface area contributed by atoms with Gasteiger partial charge in [0, 0.05) is 0 Å². The van der Waals surface area contributed by atoms with Crippen LogP contribution in [-0.2, 0) is 14.9 Å². The Bertz CT molecular complexity index is 707. The van der Waals surface area contributed by atoms with Gasteiger partial charge in [0.05, 0.1) is 0 Å². The van der Waals surface area contributed by atoms with Crippen molar-refractivity contribution in [3.8, 4) is 0 Å². The summed E-state index contributed by atoms with van der Waals surface area (Å²) < 4.78 is 5.41. The molecule has 0 spiro atoms. The number of aryl methyl sites for hydroxylation is 2. The third kappa shape index (κ3) is 1.76. The summed E-state index contributed by atoms with van der Waals surface area (Å²) >= 11 is 0. The fourth-order valence-corrected chi connectivity index (χ4v) is 3.61. The molecule has 2 aromatic rings. The molecule has 0 aliphatic carbocycles. The van der Waals surface area contributed by atoms with Crippen LogP contribution in [0.15, 0.2) is 36.4 Å². The summed E-state index contributed by atoms with van der Waals surface area (Å²) in [5, 5.41) is 0. The average Bonchev–Trinajstić information content (AvgIpc) is 2.48. The van der Waals surface area contributed by atoms with Crippen LogP contribution in [0.5, 0.6) is 0 Å². The molecule has 3 rings (SSSR count). The molecule has 0 radical (unpaired) electrons. The first-order valence-corrected chi connectivity index (χ1v) is 7.75.